The van der Waals surface area contributed by atoms with Gasteiger partial charge in [0.25, 0.3) is 0 Å². The molecule has 0 N–H and O–H groups in total. The number of aldehydes is 1. The molecule has 0 aliphatic heterocycles. The van der Waals surface area contributed by atoms with E-state index in [1.54, 1.807) is 36.4 Å². The van der Waals surface area contributed by atoms with Gasteiger partial charge in [0.15, 0.2) is 6.29 Å². The lowest BCUT2D eigenvalue weighted by Crippen LogP contribution is -1.96. The van der Waals surface area contributed by atoms with Crippen LogP contribution in [0.25, 0.3) is 44.3 Å². The summed E-state index contributed by atoms with van der Waals surface area (Å²) in [5.74, 6) is -1.10. The smallest absolute Gasteiger partial charge is 0.152 e. The molecular weight excluding hydrogens is 423 g/mol. The average molecular weight is 439 g/mol. The molecule has 0 fully saturated rings. The second-order valence-corrected chi connectivity index (χ2v) is 7.65. The Morgan fingerprint density at radius 2 is 1.12 bits per heavy atom. The lowest BCUT2D eigenvalue weighted by atomic mass is 9.90. The topological polar surface area (TPSA) is 30.0 Å². The maximum Gasteiger partial charge on any atom is 0.152 e. The first-order valence-corrected chi connectivity index (χ1v) is 10.2. The molecule has 5 aromatic rings. The van der Waals surface area contributed by atoms with Crippen molar-refractivity contribution in [3.63, 3.8) is 0 Å². The SMILES string of the molecule is O=Cc1cnc2c(-c3ccc(F)cc3)cc(-c3ccc(F)cc3)cc2c1-c1ccc(F)cc1. The first-order chi connectivity index (χ1) is 16.0. The third kappa shape index (κ3) is 3.89. The van der Waals surface area contributed by atoms with Gasteiger partial charge in [-0.15, -0.1) is 0 Å². The molecule has 33 heavy (non-hydrogen) atoms. The van der Waals surface area contributed by atoms with Crippen LogP contribution in [0.5, 0.6) is 0 Å². The Labute approximate surface area is 188 Å². The molecule has 0 unspecified atom stereocenters. The van der Waals surface area contributed by atoms with Gasteiger partial charge in [-0.25, -0.2) is 13.2 Å². The molecule has 0 aliphatic carbocycles. The van der Waals surface area contributed by atoms with Crippen LogP contribution in [0.4, 0.5) is 13.2 Å². The predicted octanol–water partition coefficient (Wildman–Crippen LogP) is 7.47. The monoisotopic (exact) mass is 439 g/mol. The van der Waals surface area contributed by atoms with E-state index < -0.39 is 0 Å². The van der Waals surface area contributed by atoms with E-state index in [1.165, 1.54) is 42.6 Å². The quantitative estimate of drug-likeness (QED) is 0.272. The van der Waals surface area contributed by atoms with Crippen molar-refractivity contribution in [1.82, 2.24) is 4.98 Å². The summed E-state index contributed by atoms with van der Waals surface area (Å²) in [6, 6.07) is 21.8. The van der Waals surface area contributed by atoms with Gasteiger partial charge >= 0.3 is 0 Å². The van der Waals surface area contributed by atoms with Gasteiger partial charge < -0.3 is 0 Å². The van der Waals surface area contributed by atoms with Crippen molar-refractivity contribution in [2.75, 3.05) is 0 Å². The van der Waals surface area contributed by atoms with Gasteiger partial charge in [0, 0.05) is 28.3 Å². The van der Waals surface area contributed by atoms with Crippen LogP contribution in [-0.2, 0) is 0 Å². The average Bonchev–Trinajstić information content (AvgIpc) is 2.84. The van der Waals surface area contributed by atoms with Crippen LogP contribution in [0.2, 0.25) is 0 Å². The number of nitrogens with zero attached hydrogens (tertiary/aromatic N) is 1. The summed E-state index contributed by atoms with van der Waals surface area (Å²) in [5.41, 5.74) is 5.25. The van der Waals surface area contributed by atoms with Crippen LogP contribution in [0.15, 0.2) is 91.1 Å². The molecule has 0 saturated carbocycles. The molecule has 0 aliphatic rings. The Balaban J connectivity index is 1.88. The maximum atomic E-state index is 13.6. The molecule has 4 aromatic carbocycles. The zero-order valence-electron chi connectivity index (χ0n) is 17.2. The van der Waals surface area contributed by atoms with Gasteiger partial charge in [0.05, 0.1) is 5.52 Å². The standard InChI is InChI=1S/C28H16F3NO/c29-22-7-1-17(2-8-22)20-13-25(18-3-9-23(30)10-4-18)28-26(14-20)27(21(16-33)15-32-28)19-5-11-24(31)12-6-19/h1-16H. The van der Waals surface area contributed by atoms with E-state index in [0.29, 0.717) is 33.9 Å². The van der Waals surface area contributed by atoms with Crippen molar-refractivity contribution in [1.29, 1.82) is 0 Å². The van der Waals surface area contributed by atoms with Gasteiger partial charge in [0.1, 0.15) is 17.5 Å². The Bertz CT molecular complexity index is 1480. The zero-order chi connectivity index (χ0) is 22.9. The Morgan fingerprint density at radius 1 is 0.606 bits per heavy atom. The fourth-order valence-corrected chi connectivity index (χ4v) is 4.00. The number of fused-ring (bicyclic) bond motifs is 1. The second kappa shape index (κ2) is 8.36. The minimum absolute atomic E-state index is 0.352. The molecule has 0 radical (unpaired) electrons. The minimum Gasteiger partial charge on any atom is -0.298 e. The van der Waals surface area contributed by atoms with Gasteiger partial charge in [-0.2, -0.15) is 0 Å². The number of benzene rings is 4. The van der Waals surface area contributed by atoms with Crippen LogP contribution < -0.4 is 0 Å². The van der Waals surface area contributed by atoms with E-state index in [9.17, 15) is 18.0 Å². The van der Waals surface area contributed by atoms with E-state index in [2.05, 4.69) is 4.98 Å². The van der Waals surface area contributed by atoms with Gasteiger partial charge in [-0.05, 0) is 70.8 Å². The first kappa shape index (κ1) is 20.6. The van der Waals surface area contributed by atoms with Crippen molar-refractivity contribution < 1.29 is 18.0 Å². The number of carbonyl (C=O) groups is 1. The zero-order valence-corrected chi connectivity index (χ0v) is 17.2. The summed E-state index contributed by atoms with van der Waals surface area (Å²) in [7, 11) is 0. The van der Waals surface area contributed by atoms with Crippen molar-refractivity contribution in [2.24, 2.45) is 0 Å². The van der Waals surface area contributed by atoms with Crippen LogP contribution in [0.3, 0.4) is 0 Å². The van der Waals surface area contributed by atoms with Crippen LogP contribution in [0, 0.1) is 17.5 Å². The van der Waals surface area contributed by atoms with Crippen molar-refractivity contribution >= 4 is 17.2 Å². The summed E-state index contributed by atoms with van der Waals surface area (Å²) in [5, 5.41) is 0.673. The van der Waals surface area contributed by atoms with E-state index in [1.807, 2.05) is 12.1 Å². The molecular formula is C28H16F3NO. The summed E-state index contributed by atoms with van der Waals surface area (Å²) in [6.07, 6.45) is 2.20. The van der Waals surface area contributed by atoms with E-state index in [4.69, 9.17) is 0 Å². The lowest BCUT2D eigenvalue weighted by Gasteiger charge is -2.15. The van der Waals surface area contributed by atoms with Crippen molar-refractivity contribution in [3.05, 3.63) is 114 Å². The molecule has 0 amide bonds. The highest BCUT2D eigenvalue weighted by atomic mass is 19.1. The summed E-state index contributed by atoms with van der Waals surface area (Å²) in [6.45, 7) is 0. The lowest BCUT2D eigenvalue weighted by molar-refractivity contribution is 0.112. The third-order valence-electron chi connectivity index (χ3n) is 5.59. The fourth-order valence-electron chi connectivity index (χ4n) is 4.00. The van der Waals surface area contributed by atoms with Gasteiger partial charge in [0.2, 0.25) is 0 Å². The Morgan fingerprint density at radius 3 is 1.67 bits per heavy atom. The minimum atomic E-state index is -0.385. The molecule has 0 bridgehead atoms. The molecule has 0 atom stereocenters. The summed E-state index contributed by atoms with van der Waals surface area (Å²) < 4.78 is 40.7. The maximum absolute atomic E-state index is 13.6. The molecule has 0 saturated heterocycles. The molecule has 1 aromatic heterocycles. The highest BCUT2D eigenvalue weighted by Gasteiger charge is 2.17. The normalized spacial score (nSPS) is 11.0. The van der Waals surface area contributed by atoms with E-state index >= 15 is 0 Å². The number of hydrogen-bond acceptors (Lipinski definition) is 2. The predicted molar refractivity (Wildman–Crippen MR) is 123 cm³/mol. The number of halogens is 3. The first-order valence-electron chi connectivity index (χ1n) is 10.2. The van der Waals surface area contributed by atoms with Crippen LogP contribution in [-0.4, -0.2) is 11.3 Å². The highest BCUT2D eigenvalue weighted by molar-refractivity contribution is 6.08. The van der Waals surface area contributed by atoms with E-state index in [-0.39, 0.29) is 17.5 Å². The molecule has 2 nitrogen and oxygen atoms in total. The number of hydrogen-bond donors (Lipinski definition) is 0. The molecule has 1 heterocycles. The Kier molecular flexibility index (Phi) is 5.23. The second-order valence-electron chi connectivity index (χ2n) is 7.65. The van der Waals surface area contributed by atoms with Crippen LogP contribution in [0.1, 0.15) is 10.4 Å². The molecule has 0 spiro atoms. The number of carbonyl (C=O) groups excluding carboxylic acids is 1. The number of pyridine rings is 1. The van der Waals surface area contributed by atoms with Crippen molar-refractivity contribution in [3.8, 4) is 33.4 Å². The largest absolute Gasteiger partial charge is 0.298 e. The highest BCUT2D eigenvalue weighted by Crippen LogP contribution is 2.39. The fraction of sp³-hybridized carbons (Fsp3) is 0. The number of rotatable bonds is 4. The van der Waals surface area contributed by atoms with Gasteiger partial charge in [-0.1, -0.05) is 36.4 Å². The molecule has 5 heteroatoms. The summed E-state index contributed by atoms with van der Waals surface area (Å²) in [4.78, 5) is 16.4. The van der Waals surface area contributed by atoms with Crippen molar-refractivity contribution in [2.45, 2.75) is 0 Å². The molecule has 5 rings (SSSR count). The Hall–Kier alpha value is -4.25. The third-order valence-corrected chi connectivity index (χ3v) is 5.59. The van der Waals surface area contributed by atoms with E-state index in [0.717, 1.165) is 22.3 Å². The summed E-state index contributed by atoms with van der Waals surface area (Å²) >= 11 is 0. The number of aromatic nitrogens is 1. The van der Waals surface area contributed by atoms with Gasteiger partial charge in [-0.3, -0.25) is 9.78 Å². The van der Waals surface area contributed by atoms with Crippen LogP contribution >= 0.6 is 0 Å². The molecule has 160 valence electrons.